The predicted octanol–water partition coefficient (Wildman–Crippen LogP) is 26.4. The second kappa shape index (κ2) is 27.5. The van der Waals surface area contributed by atoms with Crippen LogP contribution in [0.25, 0.3) is 212 Å². The smallest absolute Gasteiger partial charge is 0.164 e. The third kappa shape index (κ3) is 11.7. The van der Waals surface area contributed by atoms with E-state index in [2.05, 4.69) is 276 Å². The van der Waals surface area contributed by atoms with Crippen LogP contribution in [0.3, 0.4) is 0 Å². The molecule has 0 aliphatic rings. The monoisotopic (exact) mass is 1430 g/mol. The molecule has 112 heavy (non-hydrogen) atoms. The van der Waals surface area contributed by atoms with Crippen molar-refractivity contribution in [2.45, 2.75) is 0 Å². The molecule has 16 aromatic carbocycles. The maximum atomic E-state index is 6.25. The van der Waals surface area contributed by atoms with Crippen molar-refractivity contribution < 1.29 is 8.83 Å². The van der Waals surface area contributed by atoms with E-state index in [0.29, 0.717) is 34.9 Å². The highest BCUT2D eigenvalue weighted by Crippen LogP contribution is 2.44. The van der Waals surface area contributed by atoms with Crippen LogP contribution in [-0.2, 0) is 0 Å². The van der Waals surface area contributed by atoms with E-state index in [1.807, 2.05) is 121 Å². The van der Waals surface area contributed by atoms with E-state index in [1.54, 1.807) is 0 Å². The maximum absolute atomic E-state index is 6.25. The third-order valence-corrected chi connectivity index (χ3v) is 21.3. The van der Waals surface area contributed by atoms with Gasteiger partial charge in [0.15, 0.2) is 34.9 Å². The van der Waals surface area contributed by atoms with Crippen LogP contribution in [0.15, 0.2) is 397 Å². The normalized spacial score (nSPS) is 11.6. The van der Waals surface area contributed by atoms with Gasteiger partial charge in [-0.15, -0.1) is 0 Å². The summed E-state index contributed by atoms with van der Waals surface area (Å²) in [6.07, 6.45) is 0. The lowest BCUT2D eigenvalue weighted by molar-refractivity contribution is 0.668. The first-order valence-corrected chi connectivity index (χ1v) is 37.5. The van der Waals surface area contributed by atoms with Gasteiger partial charge in [-0.05, 0) is 142 Å². The van der Waals surface area contributed by atoms with Crippen molar-refractivity contribution in [1.29, 1.82) is 0 Å². The summed E-state index contributed by atoms with van der Waals surface area (Å²) >= 11 is 0. The summed E-state index contributed by atoms with van der Waals surface area (Å²) in [6.45, 7) is 0. The van der Waals surface area contributed by atoms with E-state index < -0.39 is 0 Å². The molecule has 6 heterocycles. The molecule has 0 N–H and O–H groups in total. The first kappa shape index (κ1) is 65.1. The molecular weight excluding hydrogens is 1370 g/mol. The third-order valence-electron chi connectivity index (χ3n) is 21.3. The number of fused-ring (bicyclic) bond motifs is 12. The van der Waals surface area contributed by atoms with Crippen molar-refractivity contribution >= 4 is 87.5 Å². The van der Waals surface area contributed by atoms with E-state index in [9.17, 15) is 0 Å². The maximum Gasteiger partial charge on any atom is 0.164 e. The Morgan fingerprint density at radius 3 is 0.884 bits per heavy atom. The van der Waals surface area contributed by atoms with Crippen LogP contribution < -0.4 is 0 Å². The largest absolute Gasteiger partial charge is 0.456 e. The molecular formula is C102H64N8O2. The Balaban J connectivity index is 0.000000141. The summed E-state index contributed by atoms with van der Waals surface area (Å²) in [5.41, 5.74) is 24.9. The molecule has 0 aliphatic carbocycles. The van der Waals surface area contributed by atoms with E-state index in [1.165, 1.54) is 21.5 Å². The highest BCUT2D eigenvalue weighted by Gasteiger charge is 2.22. The van der Waals surface area contributed by atoms with Crippen LogP contribution in [0.5, 0.6) is 0 Å². The summed E-state index contributed by atoms with van der Waals surface area (Å²) in [7, 11) is 0. The van der Waals surface area contributed by atoms with Gasteiger partial charge in [0.1, 0.15) is 22.3 Å². The molecule has 0 saturated heterocycles. The van der Waals surface area contributed by atoms with Crippen molar-refractivity contribution in [2.24, 2.45) is 0 Å². The fourth-order valence-corrected chi connectivity index (χ4v) is 16.1. The van der Waals surface area contributed by atoms with Gasteiger partial charge in [0.2, 0.25) is 0 Å². The Bertz CT molecular complexity index is 7330. The number of rotatable bonds is 12. The summed E-state index contributed by atoms with van der Waals surface area (Å²) in [5.74, 6) is 3.79. The topological polar surface area (TPSA) is 113 Å². The van der Waals surface area contributed by atoms with Crippen LogP contribution >= 0.6 is 0 Å². The zero-order valence-electron chi connectivity index (χ0n) is 60.3. The van der Waals surface area contributed by atoms with Crippen molar-refractivity contribution in [3.8, 4) is 124 Å². The van der Waals surface area contributed by atoms with Gasteiger partial charge >= 0.3 is 0 Å². The number of nitrogens with zero attached hydrogens (tertiary/aromatic N) is 8. The first-order chi connectivity index (χ1) is 55.5. The van der Waals surface area contributed by atoms with Crippen LogP contribution in [0.4, 0.5) is 0 Å². The average Bonchev–Trinajstić information content (AvgIpc) is 1.58. The number of aromatic nitrogens is 8. The molecule has 10 nitrogen and oxygen atoms in total. The lowest BCUT2D eigenvalue weighted by Crippen LogP contribution is -2.01. The first-order valence-electron chi connectivity index (χ1n) is 37.5. The van der Waals surface area contributed by atoms with Gasteiger partial charge in [0.25, 0.3) is 0 Å². The molecule has 0 bridgehead atoms. The Kier molecular flexibility index (Phi) is 16.0. The molecule has 0 aliphatic heterocycles. The Hall–Kier alpha value is -15.3. The highest BCUT2D eigenvalue weighted by molar-refractivity contribution is 6.17. The van der Waals surface area contributed by atoms with Crippen molar-refractivity contribution in [2.75, 3.05) is 0 Å². The molecule has 0 fully saturated rings. The number of para-hydroxylation sites is 4. The number of hydrogen-bond acceptors (Lipinski definition) is 8. The van der Waals surface area contributed by atoms with Gasteiger partial charge < -0.3 is 18.0 Å². The Labute approximate surface area is 643 Å². The van der Waals surface area contributed by atoms with Crippen molar-refractivity contribution in [1.82, 2.24) is 39.0 Å². The molecule has 0 atom stereocenters. The second-order valence-corrected chi connectivity index (χ2v) is 28.1. The van der Waals surface area contributed by atoms with Crippen LogP contribution in [0, 0.1) is 0 Å². The van der Waals surface area contributed by atoms with Gasteiger partial charge in [-0.3, -0.25) is 0 Å². The highest BCUT2D eigenvalue weighted by atomic mass is 16.3. The molecule has 524 valence electrons. The summed E-state index contributed by atoms with van der Waals surface area (Å²) in [6, 6.07) is 135. The Morgan fingerprint density at radius 2 is 0.455 bits per heavy atom. The molecule has 0 radical (unpaired) electrons. The molecule has 0 amide bonds. The SMILES string of the molecule is c1ccc(-c2cccc(-c3nc(-c4ccccc4)nc(-c4cccc(-n5c6ccccc6c6cc(-c7cccc8oc9ccccc9c78)ccc65)c4)n3)c2)cc1.c1ccc(-c2nc(-c3ccccc3)nc(-c3cccc(-c4cccc(-n5c6ccccc6c6cc(-c7cccc8oc9ccccc9c78)ccc65)c4)c3)n2)cc1. The molecule has 10 heteroatoms. The summed E-state index contributed by atoms with van der Waals surface area (Å²) in [4.78, 5) is 30.1. The zero-order valence-corrected chi connectivity index (χ0v) is 60.3. The predicted molar refractivity (Wildman–Crippen MR) is 457 cm³/mol. The second-order valence-electron chi connectivity index (χ2n) is 28.1. The fraction of sp³-hybridized carbons (Fsp3) is 0. The van der Waals surface area contributed by atoms with Gasteiger partial charge in [-0.1, -0.05) is 291 Å². The average molecular weight is 1430 g/mol. The zero-order chi connectivity index (χ0) is 74.0. The van der Waals surface area contributed by atoms with Crippen molar-refractivity contribution in [3.05, 3.63) is 388 Å². The van der Waals surface area contributed by atoms with Crippen LogP contribution in [0.2, 0.25) is 0 Å². The lowest BCUT2D eigenvalue weighted by atomic mass is 9.98. The number of furan rings is 2. The summed E-state index contributed by atoms with van der Waals surface area (Å²) < 4.78 is 17.2. The van der Waals surface area contributed by atoms with E-state index in [-0.39, 0.29) is 0 Å². The van der Waals surface area contributed by atoms with Gasteiger partial charge in [0.05, 0.1) is 22.1 Å². The summed E-state index contributed by atoms with van der Waals surface area (Å²) in [5, 5.41) is 9.31. The molecule has 0 spiro atoms. The molecule has 6 aromatic heterocycles. The molecule has 0 saturated carbocycles. The molecule has 22 aromatic rings. The van der Waals surface area contributed by atoms with Gasteiger partial charge in [-0.25, -0.2) is 29.9 Å². The van der Waals surface area contributed by atoms with Gasteiger partial charge in [0, 0.05) is 87.8 Å². The fourth-order valence-electron chi connectivity index (χ4n) is 16.1. The minimum absolute atomic E-state index is 0.615. The Morgan fingerprint density at radius 1 is 0.170 bits per heavy atom. The lowest BCUT2D eigenvalue weighted by Gasteiger charge is -2.12. The van der Waals surface area contributed by atoms with Crippen molar-refractivity contribution in [3.63, 3.8) is 0 Å². The molecule has 0 unspecified atom stereocenters. The van der Waals surface area contributed by atoms with Crippen LogP contribution in [0.1, 0.15) is 0 Å². The van der Waals surface area contributed by atoms with Gasteiger partial charge in [-0.2, -0.15) is 0 Å². The minimum atomic E-state index is 0.615. The number of benzene rings is 16. The van der Waals surface area contributed by atoms with E-state index in [0.717, 1.165) is 155 Å². The molecule has 22 rings (SSSR count). The van der Waals surface area contributed by atoms with E-state index >= 15 is 0 Å². The number of hydrogen-bond donors (Lipinski definition) is 0. The van der Waals surface area contributed by atoms with E-state index in [4.69, 9.17) is 38.7 Å². The minimum Gasteiger partial charge on any atom is -0.456 e. The quantitative estimate of drug-likeness (QED) is 0.119. The van der Waals surface area contributed by atoms with Crippen LogP contribution in [-0.4, -0.2) is 39.0 Å². The standard InChI is InChI=1S/2C51H32N4O/c1-3-14-33(15-4-1)49-52-50(34-16-5-2-6-17-34)54-51(53-49)38-20-11-18-35(30-38)36-19-12-21-39(31-36)55-44-25-9-7-22-41(44)43-32-37(28-29-45(43)55)40-24-13-27-47-48(40)42-23-8-10-26-46(42)56-47;1-3-14-33(15-4-1)35-18-11-19-37(30-35)50-52-49(34-16-5-2-6-17-34)53-51(54-50)38-20-12-21-39(31-38)55-44-25-9-7-22-41(44)43-32-36(28-29-45(43)55)40-24-13-27-47-48(40)42-23-8-10-26-46(42)56-47/h2*1-32H.